The summed E-state index contributed by atoms with van der Waals surface area (Å²) in [4.78, 5) is 6.39. The molecule has 6 heteroatoms. The van der Waals surface area contributed by atoms with E-state index in [4.69, 9.17) is 10.2 Å². The highest BCUT2D eigenvalue weighted by atomic mass is 16.3. The van der Waals surface area contributed by atoms with Crippen molar-refractivity contribution in [3.8, 4) is 23.5 Å². The van der Waals surface area contributed by atoms with Crippen molar-refractivity contribution in [3.05, 3.63) is 29.5 Å². The molecule has 0 spiro atoms. The molecule has 2 N–H and O–H groups in total. The van der Waals surface area contributed by atoms with Gasteiger partial charge in [0.2, 0.25) is 0 Å². The molecule has 2 aromatic rings. The molecule has 3 rings (SSSR count). The minimum atomic E-state index is 0.133. The standard InChI is InChI=1S/C16H15N5O/c17-9-11-14(13-5-4-8-22-13)12(10-18)16(20-15(11)19)21-6-2-1-3-7-21/h4-5,8H,1-3,6-7H2,(H2,19,20). The molecule has 0 bridgehead atoms. The Labute approximate surface area is 128 Å². The maximum absolute atomic E-state index is 9.63. The lowest BCUT2D eigenvalue weighted by molar-refractivity contribution is 0.571. The van der Waals surface area contributed by atoms with Gasteiger partial charge in [0.25, 0.3) is 0 Å². The maximum Gasteiger partial charge on any atom is 0.149 e. The summed E-state index contributed by atoms with van der Waals surface area (Å²) in [5.74, 6) is 1.14. The molecule has 0 amide bonds. The number of nitrogens with two attached hydrogens (primary N) is 1. The third-order valence-corrected chi connectivity index (χ3v) is 3.85. The van der Waals surface area contributed by atoms with Crippen LogP contribution in [0.5, 0.6) is 0 Å². The second-order valence-electron chi connectivity index (χ2n) is 5.19. The number of hydrogen-bond acceptors (Lipinski definition) is 6. The summed E-state index contributed by atoms with van der Waals surface area (Å²) >= 11 is 0. The van der Waals surface area contributed by atoms with E-state index < -0.39 is 0 Å². The summed E-state index contributed by atoms with van der Waals surface area (Å²) in [5, 5.41) is 19.0. The van der Waals surface area contributed by atoms with E-state index in [1.54, 1.807) is 12.1 Å². The zero-order chi connectivity index (χ0) is 15.5. The topological polar surface area (TPSA) is 103 Å². The third-order valence-electron chi connectivity index (χ3n) is 3.85. The van der Waals surface area contributed by atoms with Crippen LogP contribution in [0.1, 0.15) is 30.4 Å². The van der Waals surface area contributed by atoms with Crippen LogP contribution in [0.2, 0.25) is 0 Å². The van der Waals surface area contributed by atoms with Crippen molar-refractivity contribution in [1.29, 1.82) is 10.5 Å². The Balaban J connectivity index is 2.25. The molecule has 1 fully saturated rings. The van der Waals surface area contributed by atoms with E-state index in [2.05, 4.69) is 16.0 Å². The van der Waals surface area contributed by atoms with Crippen LogP contribution < -0.4 is 10.6 Å². The molecule has 1 saturated heterocycles. The summed E-state index contributed by atoms with van der Waals surface area (Å²) < 4.78 is 5.40. The van der Waals surface area contributed by atoms with Crippen LogP contribution in [-0.2, 0) is 0 Å². The molecule has 0 aliphatic carbocycles. The lowest BCUT2D eigenvalue weighted by Crippen LogP contribution is -2.31. The zero-order valence-corrected chi connectivity index (χ0v) is 12.0. The van der Waals surface area contributed by atoms with Gasteiger partial charge in [0.05, 0.1) is 11.8 Å². The van der Waals surface area contributed by atoms with Crippen molar-refractivity contribution >= 4 is 11.6 Å². The molecule has 3 heterocycles. The van der Waals surface area contributed by atoms with Crippen LogP contribution in [0.4, 0.5) is 11.6 Å². The lowest BCUT2D eigenvalue weighted by atomic mass is 10.00. The fraction of sp³-hybridized carbons (Fsp3) is 0.312. The fourth-order valence-electron chi connectivity index (χ4n) is 2.81. The molecule has 22 heavy (non-hydrogen) atoms. The Morgan fingerprint density at radius 2 is 1.86 bits per heavy atom. The van der Waals surface area contributed by atoms with Gasteiger partial charge in [0.15, 0.2) is 0 Å². The van der Waals surface area contributed by atoms with Crippen molar-refractivity contribution in [1.82, 2.24) is 4.98 Å². The van der Waals surface area contributed by atoms with Gasteiger partial charge in [-0.25, -0.2) is 4.98 Å². The molecule has 0 radical (unpaired) electrons. The van der Waals surface area contributed by atoms with Crippen molar-refractivity contribution in [2.75, 3.05) is 23.7 Å². The summed E-state index contributed by atoms with van der Waals surface area (Å²) in [5.41, 5.74) is 6.93. The second-order valence-corrected chi connectivity index (χ2v) is 5.19. The fourth-order valence-corrected chi connectivity index (χ4v) is 2.81. The van der Waals surface area contributed by atoms with E-state index >= 15 is 0 Å². The lowest BCUT2D eigenvalue weighted by Gasteiger charge is -2.29. The Kier molecular flexibility index (Phi) is 3.67. The van der Waals surface area contributed by atoms with Gasteiger partial charge >= 0.3 is 0 Å². The molecule has 0 atom stereocenters. The Morgan fingerprint density at radius 1 is 1.14 bits per heavy atom. The predicted octanol–water partition coefficient (Wildman–Crippen LogP) is 2.66. The summed E-state index contributed by atoms with van der Waals surface area (Å²) in [7, 11) is 0. The van der Waals surface area contributed by atoms with Crippen LogP contribution in [0.25, 0.3) is 11.3 Å². The first-order chi connectivity index (χ1) is 10.8. The Bertz CT molecular complexity index is 761. The number of piperidine rings is 1. The van der Waals surface area contributed by atoms with Gasteiger partial charge in [-0.2, -0.15) is 10.5 Å². The number of nitriles is 2. The highest BCUT2D eigenvalue weighted by Gasteiger charge is 2.25. The number of aromatic nitrogens is 1. The molecule has 2 aromatic heterocycles. The van der Waals surface area contributed by atoms with Gasteiger partial charge in [-0.1, -0.05) is 0 Å². The maximum atomic E-state index is 9.63. The molecular weight excluding hydrogens is 278 g/mol. The van der Waals surface area contributed by atoms with Crippen molar-refractivity contribution in [2.45, 2.75) is 19.3 Å². The quantitative estimate of drug-likeness (QED) is 0.913. The number of nitrogens with zero attached hydrogens (tertiary/aromatic N) is 4. The average molecular weight is 293 g/mol. The monoisotopic (exact) mass is 293 g/mol. The molecule has 0 saturated carbocycles. The number of hydrogen-bond donors (Lipinski definition) is 1. The van der Waals surface area contributed by atoms with Gasteiger partial charge in [-0.15, -0.1) is 0 Å². The number of rotatable bonds is 2. The van der Waals surface area contributed by atoms with Gasteiger partial charge in [0.1, 0.15) is 40.7 Å². The van der Waals surface area contributed by atoms with Crippen LogP contribution >= 0.6 is 0 Å². The number of anilines is 2. The van der Waals surface area contributed by atoms with Gasteiger partial charge in [-0.05, 0) is 31.4 Å². The molecule has 110 valence electrons. The van der Waals surface area contributed by atoms with Gasteiger partial charge in [0, 0.05) is 13.1 Å². The predicted molar refractivity (Wildman–Crippen MR) is 81.8 cm³/mol. The Hall–Kier alpha value is -2.99. The van der Waals surface area contributed by atoms with Crippen molar-refractivity contribution in [2.24, 2.45) is 0 Å². The van der Waals surface area contributed by atoms with Gasteiger partial charge in [-0.3, -0.25) is 0 Å². The number of furan rings is 1. The highest BCUT2D eigenvalue weighted by molar-refractivity contribution is 5.83. The summed E-state index contributed by atoms with van der Waals surface area (Å²) in [6.07, 6.45) is 4.80. The van der Waals surface area contributed by atoms with Crippen LogP contribution in [0.3, 0.4) is 0 Å². The first-order valence-corrected chi connectivity index (χ1v) is 7.18. The van der Waals surface area contributed by atoms with E-state index in [1.165, 1.54) is 12.7 Å². The molecule has 1 aliphatic rings. The van der Waals surface area contributed by atoms with E-state index in [9.17, 15) is 10.5 Å². The molecule has 0 aromatic carbocycles. The van der Waals surface area contributed by atoms with Crippen LogP contribution in [-0.4, -0.2) is 18.1 Å². The smallest absolute Gasteiger partial charge is 0.149 e. The normalized spacial score (nSPS) is 14.4. The first-order valence-electron chi connectivity index (χ1n) is 7.18. The minimum absolute atomic E-state index is 0.133. The van der Waals surface area contributed by atoms with Crippen LogP contribution in [0, 0.1) is 22.7 Å². The summed E-state index contributed by atoms with van der Waals surface area (Å²) in [6.45, 7) is 1.68. The first kappa shape index (κ1) is 14.0. The van der Waals surface area contributed by atoms with E-state index in [-0.39, 0.29) is 11.4 Å². The number of pyridine rings is 1. The average Bonchev–Trinajstić information content (AvgIpc) is 3.08. The largest absolute Gasteiger partial charge is 0.464 e. The molecule has 6 nitrogen and oxygen atoms in total. The SMILES string of the molecule is N#Cc1c(N)nc(N2CCCCC2)c(C#N)c1-c1ccco1. The van der Waals surface area contributed by atoms with Crippen molar-refractivity contribution < 1.29 is 4.42 Å². The summed E-state index contributed by atoms with van der Waals surface area (Å²) in [6, 6.07) is 7.66. The van der Waals surface area contributed by atoms with Crippen LogP contribution in [0.15, 0.2) is 22.8 Å². The zero-order valence-electron chi connectivity index (χ0n) is 12.0. The van der Waals surface area contributed by atoms with E-state index in [0.717, 1.165) is 25.9 Å². The molecule has 1 aliphatic heterocycles. The minimum Gasteiger partial charge on any atom is -0.464 e. The second kappa shape index (κ2) is 5.79. The molecule has 0 unspecified atom stereocenters. The molecular formula is C16H15N5O. The third kappa shape index (κ3) is 2.25. The highest BCUT2D eigenvalue weighted by Crippen LogP contribution is 2.36. The Morgan fingerprint density at radius 3 is 2.45 bits per heavy atom. The van der Waals surface area contributed by atoms with Gasteiger partial charge < -0.3 is 15.1 Å². The van der Waals surface area contributed by atoms with E-state index in [0.29, 0.717) is 22.7 Å². The number of nitrogen functional groups attached to an aromatic ring is 1. The van der Waals surface area contributed by atoms with E-state index in [1.807, 2.05) is 6.07 Å². The van der Waals surface area contributed by atoms with Crippen molar-refractivity contribution in [3.63, 3.8) is 0 Å².